The van der Waals surface area contributed by atoms with Crippen LogP contribution in [0.4, 0.5) is 0 Å². The maximum absolute atomic E-state index is 12.1. The Hall–Kier alpha value is -0.570. The van der Waals surface area contributed by atoms with Gasteiger partial charge in [-0.1, -0.05) is 13.8 Å². The zero-order valence-electron chi connectivity index (χ0n) is 11.6. The topological polar surface area (TPSA) is 55.1 Å². The molecule has 4 saturated carbocycles. The Kier molecular flexibility index (Phi) is 3.13. The number of hydrogen-bond acceptors (Lipinski definition) is 2. The lowest BCUT2D eigenvalue weighted by Crippen LogP contribution is -2.58. The van der Waals surface area contributed by atoms with Gasteiger partial charge in [0.2, 0.25) is 5.91 Å². The summed E-state index contributed by atoms with van der Waals surface area (Å²) < 4.78 is 0. The molecule has 3 heteroatoms. The normalized spacial score (nSPS) is 43.2. The maximum atomic E-state index is 12.1. The van der Waals surface area contributed by atoms with E-state index >= 15 is 0 Å². The first kappa shape index (κ1) is 12.5. The predicted molar refractivity (Wildman–Crippen MR) is 71.8 cm³/mol. The van der Waals surface area contributed by atoms with Crippen LogP contribution in [-0.2, 0) is 4.79 Å². The Morgan fingerprint density at radius 2 is 1.56 bits per heavy atom. The molecule has 0 aromatic heterocycles. The molecule has 4 aliphatic rings. The Bertz CT molecular complexity index is 311. The molecule has 4 aliphatic carbocycles. The van der Waals surface area contributed by atoms with Gasteiger partial charge in [-0.2, -0.15) is 0 Å². The monoisotopic (exact) mass is 250 g/mol. The van der Waals surface area contributed by atoms with Crippen molar-refractivity contribution in [3.05, 3.63) is 0 Å². The van der Waals surface area contributed by atoms with E-state index in [1.54, 1.807) is 0 Å². The highest BCUT2D eigenvalue weighted by molar-refractivity contribution is 5.82. The van der Waals surface area contributed by atoms with E-state index in [4.69, 9.17) is 5.73 Å². The number of hydrogen-bond donors (Lipinski definition) is 2. The van der Waals surface area contributed by atoms with Crippen LogP contribution in [-0.4, -0.2) is 18.0 Å². The van der Waals surface area contributed by atoms with Gasteiger partial charge < -0.3 is 11.1 Å². The van der Waals surface area contributed by atoms with Crippen LogP contribution in [0, 0.1) is 29.6 Å². The zero-order valence-corrected chi connectivity index (χ0v) is 11.6. The quantitative estimate of drug-likeness (QED) is 0.804. The smallest absolute Gasteiger partial charge is 0.237 e. The second-order valence-electron chi connectivity index (χ2n) is 7.23. The summed E-state index contributed by atoms with van der Waals surface area (Å²) in [5.41, 5.74) is 5.95. The third-order valence-electron chi connectivity index (χ3n) is 5.56. The lowest BCUT2D eigenvalue weighted by molar-refractivity contribution is -0.127. The molecule has 0 saturated heterocycles. The van der Waals surface area contributed by atoms with Crippen LogP contribution in [0.15, 0.2) is 0 Å². The fourth-order valence-corrected chi connectivity index (χ4v) is 4.72. The van der Waals surface area contributed by atoms with Gasteiger partial charge in [-0.05, 0) is 61.7 Å². The largest absolute Gasteiger partial charge is 0.351 e. The first-order valence-corrected chi connectivity index (χ1v) is 7.60. The number of rotatable bonds is 3. The van der Waals surface area contributed by atoms with Crippen molar-refractivity contribution < 1.29 is 4.79 Å². The van der Waals surface area contributed by atoms with Crippen molar-refractivity contribution in [1.29, 1.82) is 0 Å². The summed E-state index contributed by atoms with van der Waals surface area (Å²) in [5, 5.41) is 3.28. The van der Waals surface area contributed by atoms with E-state index in [0.29, 0.717) is 6.04 Å². The molecule has 18 heavy (non-hydrogen) atoms. The average Bonchev–Trinajstić information content (AvgIpc) is 2.31. The van der Waals surface area contributed by atoms with E-state index in [1.165, 1.54) is 32.1 Å². The first-order chi connectivity index (χ1) is 8.54. The molecule has 0 aromatic carbocycles. The summed E-state index contributed by atoms with van der Waals surface area (Å²) in [6, 6.07) is 0.0808. The van der Waals surface area contributed by atoms with Gasteiger partial charge >= 0.3 is 0 Å². The van der Waals surface area contributed by atoms with Crippen LogP contribution in [0.1, 0.15) is 46.0 Å². The first-order valence-electron chi connectivity index (χ1n) is 7.60. The van der Waals surface area contributed by atoms with Gasteiger partial charge in [0.1, 0.15) is 0 Å². The van der Waals surface area contributed by atoms with Gasteiger partial charge in [0.05, 0.1) is 6.04 Å². The van der Waals surface area contributed by atoms with Gasteiger partial charge in [-0.15, -0.1) is 0 Å². The number of carbonyl (C=O) groups excluding carboxylic acids is 1. The fraction of sp³-hybridized carbons (Fsp3) is 0.933. The van der Waals surface area contributed by atoms with Gasteiger partial charge in [-0.3, -0.25) is 4.79 Å². The summed E-state index contributed by atoms with van der Waals surface area (Å²) in [6.45, 7) is 4.03. The summed E-state index contributed by atoms with van der Waals surface area (Å²) in [4.78, 5) is 12.1. The molecular formula is C15H26N2O. The van der Waals surface area contributed by atoms with Crippen molar-refractivity contribution >= 4 is 5.91 Å². The Morgan fingerprint density at radius 3 is 2.00 bits per heavy atom. The van der Waals surface area contributed by atoms with Gasteiger partial charge in [0.15, 0.2) is 0 Å². The van der Waals surface area contributed by atoms with Crippen molar-refractivity contribution in [2.45, 2.75) is 58.0 Å². The Morgan fingerprint density at radius 1 is 1.06 bits per heavy atom. The molecule has 0 radical (unpaired) electrons. The Labute approximate surface area is 110 Å². The maximum Gasteiger partial charge on any atom is 0.237 e. The van der Waals surface area contributed by atoms with Crippen molar-refractivity contribution in [3.63, 3.8) is 0 Å². The van der Waals surface area contributed by atoms with Gasteiger partial charge in [0, 0.05) is 6.04 Å². The van der Waals surface area contributed by atoms with Crippen molar-refractivity contribution in [3.8, 4) is 0 Å². The molecule has 0 aliphatic heterocycles. The van der Waals surface area contributed by atoms with E-state index in [-0.39, 0.29) is 17.9 Å². The molecule has 0 aromatic rings. The molecule has 4 fully saturated rings. The molecule has 4 rings (SSSR count). The highest BCUT2D eigenvalue weighted by Gasteiger charge is 2.48. The van der Waals surface area contributed by atoms with E-state index in [0.717, 1.165) is 23.7 Å². The molecule has 4 bridgehead atoms. The van der Waals surface area contributed by atoms with Crippen molar-refractivity contribution in [2.75, 3.05) is 0 Å². The zero-order chi connectivity index (χ0) is 12.9. The van der Waals surface area contributed by atoms with E-state index in [2.05, 4.69) is 5.32 Å². The fourth-order valence-electron chi connectivity index (χ4n) is 4.72. The number of nitrogens with two attached hydrogens (primary N) is 1. The minimum Gasteiger partial charge on any atom is -0.351 e. The molecule has 0 unspecified atom stereocenters. The molecule has 102 valence electrons. The second-order valence-corrected chi connectivity index (χ2v) is 7.23. The van der Waals surface area contributed by atoms with Crippen LogP contribution in [0.2, 0.25) is 0 Å². The molecule has 1 amide bonds. The van der Waals surface area contributed by atoms with Crippen LogP contribution < -0.4 is 11.1 Å². The van der Waals surface area contributed by atoms with Crippen molar-refractivity contribution in [1.82, 2.24) is 5.32 Å². The lowest BCUT2D eigenvalue weighted by Gasteiger charge is -2.54. The number of carbonyl (C=O) groups is 1. The van der Waals surface area contributed by atoms with Gasteiger partial charge in [-0.25, -0.2) is 0 Å². The number of amides is 1. The SMILES string of the molecule is CC(C)[C@@H](N)C(=O)NC1C2CC3CC(C2)CC1C3. The highest BCUT2D eigenvalue weighted by Crippen LogP contribution is 2.53. The lowest BCUT2D eigenvalue weighted by atomic mass is 9.54. The molecule has 3 nitrogen and oxygen atoms in total. The van der Waals surface area contributed by atoms with Crippen LogP contribution in [0.3, 0.4) is 0 Å². The molecule has 0 heterocycles. The molecule has 3 N–H and O–H groups in total. The van der Waals surface area contributed by atoms with Gasteiger partial charge in [0.25, 0.3) is 0 Å². The Balaban J connectivity index is 1.65. The van der Waals surface area contributed by atoms with Crippen LogP contribution >= 0.6 is 0 Å². The highest BCUT2D eigenvalue weighted by atomic mass is 16.2. The third kappa shape index (κ3) is 2.07. The van der Waals surface area contributed by atoms with Crippen LogP contribution in [0.5, 0.6) is 0 Å². The molecular weight excluding hydrogens is 224 g/mol. The summed E-state index contributed by atoms with van der Waals surface area (Å²) in [6.07, 6.45) is 6.83. The standard InChI is InChI=1S/C15H26N2O/c1-8(2)13(16)15(18)17-14-11-4-9-3-10(6-11)7-12(14)5-9/h8-14H,3-7,16H2,1-2H3,(H,17,18)/t9?,10?,11?,12?,13-,14?/m1/s1. The van der Waals surface area contributed by atoms with Crippen LogP contribution in [0.25, 0.3) is 0 Å². The van der Waals surface area contributed by atoms with E-state index < -0.39 is 0 Å². The van der Waals surface area contributed by atoms with E-state index in [9.17, 15) is 4.79 Å². The molecule has 1 atom stereocenters. The molecule has 0 spiro atoms. The summed E-state index contributed by atoms with van der Waals surface area (Å²) >= 11 is 0. The second kappa shape index (κ2) is 4.52. The third-order valence-corrected chi connectivity index (χ3v) is 5.56. The summed E-state index contributed by atoms with van der Waals surface area (Å²) in [7, 11) is 0. The average molecular weight is 250 g/mol. The minimum absolute atomic E-state index is 0.0717. The van der Waals surface area contributed by atoms with Crippen molar-refractivity contribution in [2.24, 2.45) is 35.3 Å². The minimum atomic E-state index is -0.345. The summed E-state index contributed by atoms with van der Waals surface area (Å²) in [5.74, 6) is 3.69. The number of nitrogens with one attached hydrogen (secondary N) is 1. The van der Waals surface area contributed by atoms with E-state index in [1.807, 2.05) is 13.8 Å². The predicted octanol–water partition coefficient (Wildman–Crippen LogP) is 1.91.